The number of carbonyl (C=O) groups excluding carboxylic acids is 1. The lowest BCUT2D eigenvalue weighted by molar-refractivity contribution is 0.0955. The fourth-order valence-electron chi connectivity index (χ4n) is 3.47. The Balaban J connectivity index is 1.78. The summed E-state index contributed by atoms with van der Waals surface area (Å²) in [4.78, 5) is 12.6. The van der Waals surface area contributed by atoms with E-state index in [0.717, 1.165) is 16.5 Å². The lowest BCUT2D eigenvalue weighted by Crippen LogP contribution is -2.19. The van der Waals surface area contributed by atoms with E-state index in [9.17, 15) is 13.2 Å². The molecule has 32 heavy (non-hydrogen) atoms. The number of amides is 1. The number of aromatic nitrogens is 1. The van der Waals surface area contributed by atoms with Crippen molar-refractivity contribution in [1.82, 2.24) is 9.40 Å². The molecule has 0 aliphatic carbocycles. The number of fused-ring (bicyclic) bond motifs is 1. The maximum atomic E-state index is 13.4. The van der Waals surface area contributed by atoms with Crippen LogP contribution >= 0.6 is 0 Å². The van der Waals surface area contributed by atoms with Gasteiger partial charge in [-0.1, -0.05) is 48.0 Å². The molecule has 0 bridgehead atoms. The lowest BCUT2D eigenvalue weighted by atomic mass is 10.1. The van der Waals surface area contributed by atoms with Crippen molar-refractivity contribution in [3.05, 3.63) is 101 Å². The van der Waals surface area contributed by atoms with Gasteiger partial charge in [-0.2, -0.15) is 5.10 Å². The molecule has 4 aromatic rings. The number of carbonyl (C=O) groups is 1. The van der Waals surface area contributed by atoms with Gasteiger partial charge in [0.05, 0.1) is 16.1 Å². The summed E-state index contributed by atoms with van der Waals surface area (Å²) >= 11 is 0. The first kappa shape index (κ1) is 21.5. The van der Waals surface area contributed by atoms with E-state index in [1.807, 2.05) is 38.1 Å². The van der Waals surface area contributed by atoms with E-state index in [-0.39, 0.29) is 10.8 Å². The van der Waals surface area contributed by atoms with Crippen LogP contribution in [-0.2, 0) is 10.0 Å². The van der Waals surface area contributed by atoms with Crippen LogP contribution in [-0.4, -0.2) is 24.0 Å². The van der Waals surface area contributed by atoms with Crippen LogP contribution in [0, 0.1) is 13.8 Å². The van der Waals surface area contributed by atoms with Crippen LogP contribution in [0.15, 0.2) is 89.0 Å². The van der Waals surface area contributed by atoms with Crippen LogP contribution in [0.2, 0.25) is 0 Å². The Kier molecular flexibility index (Phi) is 5.67. The average Bonchev–Trinajstić information content (AvgIpc) is 3.17. The summed E-state index contributed by atoms with van der Waals surface area (Å²) in [5, 5.41) is 4.97. The number of hydrogen-bond acceptors (Lipinski definition) is 4. The van der Waals surface area contributed by atoms with E-state index in [1.165, 1.54) is 3.97 Å². The number of nitrogens with one attached hydrogen (secondary N) is 1. The van der Waals surface area contributed by atoms with Crippen molar-refractivity contribution >= 4 is 32.5 Å². The maximum absolute atomic E-state index is 13.4. The molecular formula is C25H23N3O3S. The SMILES string of the molecule is C/C(=N\NC(=O)c1ccccc1)c1cn(S(=O)(=O)c2ccc(C)cc2)c2cc(C)ccc12. The molecule has 1 heterocycles. The third-order valence-corrected chi connectivity index (χ3v) is 6.94. The van der Waals surface area contributed by atoms with Crippen molar-refractivity contribution in [3.8, 4) is 0 Å². The number of benzene rings is 3. The zero-order chi connectivity index (χ0) is 22.9. The van der Waals surface area contributed by atoms with Crippen LogP contribution in [0.1, 0.15) is 34.0 Å². The molecule has 6 nitrogen and oxygen atoms in total. The zero-order valence-electron chi connectivity index (χ0n) is 18.0. The Morgan fingerprint density at radius 1 is 0.906 bits per heavy atom. The van der Waals surface area contributed by atoms with Gasteiger partial charge in [-0.05, 0) is 56.7 Å². The maximum Gasteiger partial charge on any atom is 0.271 e. The molecule has 0 radical (unpaired) electrons. The van der Waals surface area contributed by atoms with Gasteiger partial charge in [-0.25, -0.2) is 17.8 Å². The molecule has 7 heteroatoms. The summed E-state index contributed by atoms with van der Waals surface area (Å²) < 4.78 is 28.1. The van der Waals surface area contributed by atoms with Crippen LogP contribution in [0.25, 0.3) is 10.9 Å². The first-order valence-electron chi connectivity index (χ1n) is 10.1. The molecule has 0 aliphatic heterocycles. The fraction of sp³-hybridized carbons (Fsp3) is 0.120. The fourth-order valence-corrected chi connectivity index (χ4v) is 4.83. The summed E-state index contributed by atoms with van der Waals surface area (Å²) in [6.45, 7) is 5.56. The highest BCUT2D eigenvalue weighted by atomic mass is 32.2. The highest BCUT2D eigenvalue weighted by Gasteiger charge is 2.22. The minimum atomic E-state index is -3.81. The predicted octanol–water partition coefficient (Wildman–Crippen LogP) is 4.65. The molecule has 0 aliphatic rings. The first-order chi connectivity index (χ1) is 15.3. The van der Waals surface area contributed by atoms with Gasteiger partial charge < -0.3 is 0 Å². The van der Waals surface area contributed by atoms with Crippen molar-refractivity contribution in [3.63, 3.8) is 0 Å². The monoisotopic (exact) mass is 445 g/mol. The van der Waals surface area contributed by atoms with Gasteiger partial charge in [0.2, 0.25) is 0 Å². The van der Waals surface area contributed by atoms with Gasteiger partial charge in [-0.15, -0.1) is 0 Å². The molecule has 3 aromatic carbocycles. The summed E-state index contributed by atoms with van der Waals surface area (Å²) in [5.41, 5.74) is 6.65. The van der Waals surface area contributed by atoms with Crippen molar-refractivity contribution in [2.24, 2.45) is 5.10 Å². The highest BCUT2D eigenvalue weighted by molar-refractivity contribution is 7.90. The topological polar surface area (TPSA) is 80.5 Å². The molecule has 162 valence electrons. The Morgan fingerprint density at radius 2 is 1.56 bits per heavy atom. The highest BCUT2D eigenvalue weighted by Crippen LogP contribution is 2.27. The minimum absolute atomic E-state index is 0.208. The molecule has 4 rings (SSSR count). The summed E-state index contributed by atoms with van der Waals surface area (Å²) in [5.74, 6) is -0.336. The van der Waals surface area contributed by atoms with Crippen LogP contribution < -0.4 is 5.43 Å². The summed E-state index contributed by atoms with van der Waals surface area (Å²) in [6.07, 6.45) is 1.56. The van der Waals surface area contributed by atoms with Gasteiger partial charge in [0, 0.05) is 22.7 Å². The molecule has 0 saturated heterocycles. The van der Waals surface area contributed by atoms with E-state index < -0.39 is 10.0 Å². The Hall–Kier alpha value is -3.71. The van der Waals surface area contributed by atoms with Gasteiger partial charge in [0.15, 0.2) is 0 Å². The molecule has 1 amide bonds. The zero-order valence-corrected chi connectivity index (χ0v) is 18.8. The van der Waals surface area contributed by atoms with Crippen LogP contribution in [0.5, 0.6) is 0 Å². The van der Waals surface area contributed by atoms with E-state index in [2.05, 4.69) is 10.5 Å². The number of hydrazone groups is 1. The second-order valence-corrected chi connectivity index (χ2v) is 9.50. The van der Waals surface area contributed by atoms with Crippen molar-refractivity contribution in [1.29, 1.82) is 0 Å². The van der Waals surface area contributed by atoms with E-state index >= 15 is 0 Å². The molecule has 0 saturated carbocycles. The average molecular weight is 446 g/mol. The number of hydrogen-bond donors (Lipinski definition) is 1. The second kappa shape index (κ2) is 8.43. The smallest absolute Gasteiger partial charge is 0.267 e. The van der Waals surface area contributed by atoms with Gasteiger partial charge in [0.1, 0.15) is 0 Å². The molecular weight excluding hydrogens is 422 g/mol. The largest absolute Gasteiger partial charge is 0.271 e. The normalized spacial score (nSPS) is 12.2. The Morgan fingerprint density at radius 3 is 2.25 bits per heavy atom. The van der Waals surface area contributed by atoms with Crippen LogP contribution in [0.4, 0.5) is 0 Å². The van der Waals surface area contributed by atoms with E-state index in [1.54, 1.807) is 61.7 Å². The summed E-state index contributed by atoms with van der Waals surface area (Å²) in [7, 11) is -3.81. The van der Waals surface area contributed by atoms with E-state index in [4.69, 9.17) is 0 Å². The van der Waals surface area contributed by atoms with Crippen molar-refractivity contribution in [2.75, 3.05) is 0 Å². The number of rotatable bonds is 5. The molecule has 0 atom stereocenters. The van der Waals surface area contributed by atoms with Gasteiger partial charge in [-0.3, -0.25) is 4.79 Å². The third kappa shape index (κ3) is 4.07. The number of aryl methyl sites for hydroxylation is 2. The third-order valence-electron chi connectivity index (χ3n) is 5.26. The lowest BCUT2D eigenvalue weighted by Gasteiger charge is -2.08. The quantitative estimate of drug-likeness (QED) is 0.359. The predicted molar refractivity (Wildman–Crippen MR) is 127 cm³/mol. The van der Waals surface area contributed by atoms with E-state index in [0.29, 0.717) is 22.4 Å². The molecule has 1 N–H and O–H groups in total. The minimum Gasteiger partial charge on any atom is -0.267 e. The molecule has 0 fully saturated rings. The Bertz CT molecular complexity index is 1440. The standard InChI is InChI=1S/C25H23N3O3S/c1-17-9-12-21(13-10-17)32(30,31)28-16-23(22-14-11-18(2)15-24(22)28)19(3)26-27-25(29)20-7-5-4-6-8-20/h4-16H,1-3H3,(H,27,29)/b26-19+. The second-order valence-electron chi connectivity index (χ2n) is 7.68. The van der Waals surface area contributed by atoms with Crippen molar-refractivity contribution < 1.29 is 13.2 Å². The van der Waals surface area contributed by atoms with Crippen molar-refractivity contribution in [2.45, 2.75) is 25.7 Å². The first-order valence-corrected chi connectivity index (χ1v) is 11.6. The molecule has 0 unspecified atom stereocenters. The molecule has 1 aromatic heterocycles. The number of nitrogens with zero attached hydrogens (tertiary/aromatic N) is 2. The summed E-state index contributed by atoms with van der Waals surface area (Å²) in [6, 6.07) is 21.2. The molecule has 0 spiro atoms. The van der Waals surface area contributed by atoms with Crippen LogP contribution in [0.3, 0.4) is 0 Å². The Labute approximate surface area is 187 Å². The van der Waals surface area contributed by atoms with Gasteiger partial charge >= 0.3 is 0 Å². The van der Waals surface area contributed by atoms with Gasteiger partial charge in [0.25, 0.3) is 15.9 Å².